The summed E-state index contributed by atoms with van der Waals surface area (Å²) in [5, 5.41) is 10.8. The number of benzene rings is 1. The van der Waals surface area contributed by atoms with Gasteiger partial charge in [0.1, 0.15) is 0 Å². The number of anilines is 1. The molecule has 0 heterocycles. The number of esters is 1. The number of rotatable bonds is 6. The fraction of sp³-hybridized carbons (Fsp3) is 0.357. The second-order valence-electron chi connectivity index (χ2n) is 4.28. The first kappa shape index (κ1) is 15.5. The average Bonchev–Trinajstić information content (AvgIpc) is 2.45. The molecule has 0 bridgehead atoms. The largest absolute Gasteiger partial charge is 0.452 e. The van der Waals surface area contributed by atoms with Crippen molar-refractivity contribution in [1.29, 1.82) is 5.26 Å². The van der Waals surface area contributed by atoms with Crippen LogP contribution in [-0.2, 0) is 9.53 Å². The van der Waals surface area contributed by atoms with Crippen LogP contribution in [0.4, 0.5) is 5.69 Å². The fourth-order valence-electron chi connectivity index (χ4n) is 1.42. The number of carbonyl (C=O) groups excluding carboxylic acids is 2. The average molecular weight is 275 g/mol. The lowest BCUT2D eigenvalue weighted by molar-refractivity contribution is -0.124. The van der Waals surface area contributed by atoms with Crippen molar-refractivity contribution >= 4 is 17.6 Å². The Balaban J connectivity index is 2.43. The zero-order valence-corrected chi connectivity index (χ0v) is 11.5. The molecule has 1 aromatic carbocycles. The second kappa shape index (κ2) is 7.79. The molecule has 1 N–H and O–H groups in total. The smallest absolute Gasteiger partial charge is 0.338 e. The molecule has 0 unspecified atom stereocenters. The van der Waals surface area contributed by atoms with E-state index >= 15 is 0 Å². The summed E-state index contributed by atoms with van der Waals surface area (Å²) in [7, 11) is 3.80. The predicted molar refractivity (Wildman–Crippen MR) is 74.3 cm³/mol. The highest BCUT2D eigenvalue weighted by molar-refractivity contribution is 5.91. The molecule has 0 aliphatic rings. The lowest BCUT2D eigenvalue weighted by Crippen LogP contribution is -2.29. The van der Waals surface area contributed by atoms with Gasteiger partial charge in [0, 0.05) is 26.3 Å². The quantitative estimate of drug-likeness (QED) is 0.617. The van der Waals surface area contributed by atoms with Crippen LogP contribution in [-0.4, -0.2) is 39.1 Å². The Morgan fingerprint density at radius 2 is 1.95 bits per heavy atom. The Bertz CT molecular complexity index is 503. The highest BCUT2D eigenvalue weighted by Gasteiger charge is 2.10. The van der Waals surface area contributed by atoms with Crippen LogP contribution >= 0.6 is 0 Å². The minimum absolute atomic E-state index is 0.228. The van der Waals surface area contributed by atoms with Crippen LogP contribution in [0.5, 0.6) is 0 Å². The van der Waals surface area contributed by atoms with Gasteiger partial charge in [-0.2, -0.15) is 5.26 Å². The van der Waals surface area contributed by atoms with Gasteiger partial charge in [-0.1, -0.05) is 0 Å². The number of amides is 1. The van der Waals surface area contributed by atoms with Gasteiger partial charge in [0.2, 0.25) is 0 Å². The van der Waals surface area contributed by atoms with Crippen LogP contribution in [0, 0.1) is 11.3 Å². The zero-order chi connectivity index (χ0) is 15.0. The van der Waals surface area contributed by atoms with E-state index in [1.165, 1.54) is 0 Å². The van der Waals surface area contributed by atoms with Gasteiger partial charge in [-0.25, -0.2) is 4.79 Å². The summed E-state index contributed by atoms with van der Waals surface area (Å²) in [5.41, 5.74) is 1.36. The van der Waals surface area contributed by atoms with E-state index < -0.39 is 11.9 Å². The maximum atomic E-state index is 11.7. The number of carbonyl (C=O) groups is 2. The van der Waals surface area contributed by atoms with Gasteiger partial charge in [-0.3, -0.25) is 4.79 Å². The van der Waals surface area contributed by atoms with E-state index in [-0.39, 0.29) is 19.6 Å². The van der Waals surface area contributed by atoms with E-state index in [2.05, 4.69) is 5.32 Å². The van der Waals surface area contributed by atoms with Crippen LogP contribution in [0.1, 0.15) is 16.8 Å². The maximum absolute atomic E-state index is 11.7. The summed E-state index contributed by atoms with van der Waals surface area (Å²) in [6.07, 6.45) is 0.228. The van der Waals surface area contributed by atoms with E-state index in [4.69, 9.17) is 10.00 Å². The van der Waals surface area contributed by atoms with Gasteiger partial charge in [0.15, 0.2) is 6.61 Å². The summed E-state index contributed by atoms with van der Waals surface area (Å²) in [4.78, 5) is 24.9. The molecule has 0 spiro atoms. The number of hydrogen-bond donors (Lipinski definition) is 1. The Morgan fingerprint density at radius 3 is 2.50 bits per heavy atom. The lowest BCUT2D eigenvalue weighted by Gasteiger charge is -2.12. The molecule has 6 nitrogen and oxygen atoms in total. The standard InChI is InChI=1S/C14H17N3O3/c1-17(2)12-6-4-11(5-7-12)14(19)20-10-13(18)16-9-3-8-15/h4-7H,3,9-10H2,1-2H3,(H,16,18). The Morgan fingerprint density at radius 1 is 1.30 bits per heavy atom. The molecular weight excluding hydrogens is 258 g/mol. The van der Waals surface area contributed by atoms with Gasteiger partial charge in [-0.15, -0.1) is 0 Å². The molecule has 0 atom stereocenters. The Kier molecular flexibility index (Phi) is 6.04. The maximum Gasteiger partial charge on any atom is 0.338 e. The van der Waals surface area contributed by atoms with Crippen LogP contribution in [0.25, 0.3) is 0 Å². The third-order valence-electron chi connectivity index (χ3n) is 2.51. The fourth-order valence-corrected chi connectivity index (χ4v) is 1.42. The molecule has 0 aromatic heterocycles. The molecule has 1 aromatic rings. The van der Waals surface area contributed by atoms with Crippen LogP contribution in [0.15, 0.2) is 24.3 Å². The van der Waals surface area contributed by atoms with Crippen molar-refractivity contribution in [2.24, 2.45) is 0 Å². The van der Waals surface area contributed by atoms with Crippen molar-refractivity contribution < 1.29 is 14.3 Å². The van der Waals surface area contributed by atoms with Crippen molar-refractivity contribution in [1.82, 2.24) is 5.32 Å². The molecule has 0 radical (unpaired) electrons. The summed E-state index contributed by atoms with van der Waals surface area (Å²) in [6.45, 7) is -0.0931. The van der Waals surface area contributed by atoms with Crippen molar-refractivity contribution in [2.45, 2.75) is 6.42 Å². The summed E-state index contributed by atoms with van der Waals surface area (Å²) < 4.78 is 4.87. The van der Waals surface area contributed by atoms with Gasteiger partial charge < -0.3 is 15.0 Å². The van der Waals surface area contributed by atoms with Crippen molar-refractivity contribution in [3.63, 3.8) is 0 Å². The number of hydrogen-bond acceptors (Lipinski definition) is 5. The first-order valence-corrected chi connectivity index (χ1v) is 6.12. The van der Waals surface area contributed by atoms with Crippen LogP contribution in [0.3, 0.4) is 0 Å². The van der Waals surface area contributed by atoms with E-state index in [0.717, 1.165) is 5.69 Å². The van der Waals surface area contributed by atoms with Crippen LogP contribution < -0.4 is 10.2 Å². The van der Waals surface area contributed by atoms with Crippen LogP contribution in [0.2, 0.25) is 0 Å². The van der Waals surface area contributed by atoms with Gasteiger partial charge in [0.05, 0.1) is 18.1 Å². The minimum atomic E-state index is -0.550. The molecule has 20 heavy (non-hydrogen) atoms. The van der Waals surface area contributed by atoms with Gasteiger partial charge in [0.25, 0.3) is 5.91 Å². The number of nitriles is 1. The molecule has 1 amide bonds. The predicted octanol–water partition coefficient (Wildman–Crippen LogP) is 0.939. The highest BCUT2D eigenvalue weighted by atomic mass is 16.5. The first-order valence-electron chi connectivity index (χ1n) is 6.12. The molecule has 0 fully saturated rings. The van der Waals surface area contributed by atoms with E-state index in [0.29, 0.717) is 5.56 Å². The molecule has 0 saturated carbocycles. The molecule has 0 saturated heterocycles. The second-order valence-corrected chi connectivity index (χ2v) is 4.28. The topological polar surface area (TPSA) is 82.4 Å². The van der Waals surface area contributed by atoms with Crippen molar-refractivity contribution in [2.75, 3.05) is 32.1 Å². The third kappa shape index (κ3) is 4.98. The third-order valence-corrected chi connectivity index (χ3v) is 2.51. The number of nitrogens with zero attached hydrogens (tertiary/aromatic N) is 2. The van der Waals surface area contributed by atoms with Gasteiger partial charge >= 0.3 is 5.97 Å². The van der Waals surface area contributed by atoms with E-state index in [1.54, 1.807) is 24.3 Å². The summed E-state index contributed by atoms with van der Waals surface area (Å²) in [6, 6.07) is 8.78. The first-order chi connectivity index (χ1) is 9.54. The minimum Gasteiger partial charge on any atom is -0.452 e. The highest BCUT2D eigenvalue weighted by Crippen LogP contribution is 2.12. The Hall–Kier alpha value is -2.55. The van der Waals surface area contributed by atoms with Gasteiger partial charge in [-0.05, 0) is 24.3 Å². The molecule has 6 heteroatoms. The summed E-state index contributed by atoms with van der Waals surface area (Å²) in [5.74, 6) is -0.968. The SMILES string of the molecule is CN(C)c1ccc(C(=O)OCC(=O)NCCC#N)cc1. The normalized spacial score (nSPS) is 9.45. The zero-order valence-electron chi connectivity index (χ0n) is 11.5. The van der Waals surface area contributed by atoms with E-state index in [1.807, 2.05) is 25.1 Å². The molecule has 1 rings (SSSR count). The molecular formula is C14H17N3O3. The van der Waals surface area contributed by atoms with Crippen molar-refractivity contribution in [3.05, 3.63) is 29.8 Å². The van der Waals surface area contributed by atoms with E-state index in [9.17, 15) is 9.59 Å². The molecule has 106 valence electrons. The summed E-state index contributed by atoms with van der Waals surface area (Å²) >= 11 is 0. The van der Waals surface area contributed by atoms with Crippen molar-refractivity contribution in [3.8, 4) is 6.07 Å². The molecule has 0 aliphatic carbocycles. The lowest BCUT2D eigenvalue weighted by atomic mass is 10.2. The monoisotopic (exact) mass is 275 g/mol. The molecule has 0 aliphatic heterocycles. The number of ether oxygens (including phenoxy) is 1. The number of nitrogens with one attached hydrogen (secondary N) is 1. The Labute approximate surface area is 117 Å².